The van der Waals surface area contributed by atoms with Gasteiger partial charge >= 0.3 is 0 Å². The zero-order valence-corrected chi connectivity index (χ0v) is 9.59. The Balaban J connectivity index is 1.98. The molecule has 1 saturated carbocycles. The Morgan fingerprint density at radius 1 is 1.24 bits per heavy atom. The minimum Gasteiger partial charge on any atom is -0.299 e. The number of nitrogens with zero attached hydrogens (tertiary/aromatic N) is 1. The molecule has 0 atom stereocenters. The molecule has 0 heterocycles. The Kier molecular flexibility index (Phi) is 3.52. The molecule has 0 radical (unpaired) electrons. The number of Topliss-reactive ketones (excluding diaryl/α,β-unsaturated/α-hetero) is 1. The molecule has 0 saturated heterocycles. The van der Waals surface area contributed by atoms with Crippen LogP contribution >= 0.6 is 0 Å². The van der Waals surface area contributed by atoms with Gasteiger partial charge in [0.05, 0.1) is 4.92 Å². The largest absolute Gasteiger partial charge is 0.299 e. The van der Waals surface area contributed by atoms with Gasteiger partial charge in [0.1, 0.15) is 5.78 Å². The van der Waals surface area contributed by atoms with Gasteiger partial charge in [-0.05, 0) is 18.4 Å². The topological polar surface area (TPSA) is 60.2 Å². The minimum atomic E-state index is -0.428. The summed E-state index contributed by atoms with van der Waals surface area (Å²) in [7, 11) is 0. The van der Waals surface area contributed by atoms with Crippen molar-refractivity contribution in [2.75, 3.05) is 0 Å². The van der Waals surface area contributed by atoms with Crippen LogP contribution < -0.4 is 0 Å². The maximum Gasteiger partial charge on any atom is 0.269 e. The summed E-state index contributed by atoms with van der Waals surface area (Å²) in [5, 5.41) is 10.5. The van der Waals surface area contributed by atoms with Gasteiger partial charge in [-0.25, -0.2) is 0 Å². The van der Waals surface area contributed by atoms with E-state index in [9.17, 15) is 14.9 Å². The molecule has 0 bridgehead atoms. The summed E-state index contributed by atoms with van der Waals surface area (Å²) in [6.07, 6.45) is 4.72. The molecule has 1 fully saturated rings. The van der Waals surface area contributed by atoms with Crippen LogP contribution in [0.4, 0.5) is 5.69 Å². The molecule has 0 aliphatic heterocycles. The lowest BCUT2D eigenvalue weighted by Gasteiger charge is -2.07. The van der Waals surface area contributed by atoms with Gasteiger partial charge in [0.15, 0.2) is 0 Å². The van der Waals surface area contributed by atoms with Crippen LogP contribution in [-0.2, 0) is 11.2 Å². The predicted molar refractivity (Wildman–Crippen MR) is 63.8 cm³/mol. The van der Waals surface area contributed by atoms with E-state index in [0.29, 0.717) is 6.42 Å². The molecule has 0 spiro atoms. The Labute approximate surface area is 99.8 Å². The average Bonchev–Trinajstić information content (AvgIpc) is 2.83. The molecule has 1 aromatic rings. The van der Waals surface area contributed by atoms with E-state index in [2.05, 4.69) is 0 Å². The quantitative estimate of drug-likeness (QED) is 0.593. The van der Waals surface area contributed by atoms with Crippen molar-refractivity contribution in [3.05, 3.63) is 39.9 Å². The highest BCUT2D eigenvalue weighted by Crippen LogP contribution is 2.26. The maximum atomic E-state index is 11.9. The van der Waals surface area contributed by atoms with Crippen molar-refractivity contribution in [2.24, 2.45) is 5.92 Å². The van der Waals surface area contributed by atoms with E-state index in [1.807, 2.05) is 0 Å². The normalized spacial score (nSPS) is 16.0. The fraction of sp³-hybridized carbons (Fsp3) is 0.462. The zero-order valence-electron chi connectivity index (χ0n) is 9.59. The highest BCUT2D eigenvalue weighted by atomic mass is 16.6. The molecular weight excluding hydrogens is 218 g/mol. The third-order valence-electron chi connectivity index (χ3n) is 3.34. The number of ketones is 1. The number of nitro groups is 1. The number of non-ortho nitro benzene ring substituents is 1. The number of carbonyl (C=O) groups is 1. The third kappa shape index (κ3) is 2.90. The SMILES string of the molecule is O=C(Cc1ccc([N+](=O)[O-])cc1)C1CCCC1. The number of hydrogen-bond donors (Lipinski definition) is 0. The Hall–Kier alpha value is -1.71. The summed E-state index contributed by atoms with van der Waals surface area (Å²) in [6, 6.07) is 6.25. The number of hydrogen-bond acceptors (Lipinski definition) is 3. The predicted octanol–water partition coefficient (Wildman–Crippen LogP) is 2.90. The van der Waals surface area contributed by atoms with Crippen molar-refractivity contribution in [3.8, 4) is 0 Å². The van der Waals surface area contributed by atoms with Gasteiger partial charge in [0.25, 0.3) is 5.69 Å². The molecule has 0 N–H and O–H groups in total. The lowest BCUT2D eigenvalue weighted by molar-refractivity contribution is -0.384. The summed E-state index contributed by atoms with van der Waals surface area (Å²) in [4.78, 5) is 22.0. The molecule has 0 amide bonds. The van der Waals surface area contributed by atoms with Crippen LogP contribution in [0.15, 0.2) is 24.3 Å². The summed E-state index contributed by atoms with van der Waals surface area (Å²) >= 11 is 0. The van der Waals surface area contributed by atoms with E-state index in [1.54, 1.807) is 12.1 Å². The van der Waals surface area contributed by atoms with Crippen LogP contribution in [0.2, 0.25) is 0 Å². The fourth-order valence-electron chi connectivity index (χ4n) is 2.33. The van der Waals surface area contributed by atoms with Gasteiger partial charge in [-0.1, -0.05) is 25.0 Å². The lowest BCUT2D eigenvalue weighted by Crippen LogP contribution is -2.13. The first-order valence-corrected chi connectivity index (χ1v) is 5.93. The van der Waals surface area contributed by atoms with Crippen molar-refractivity contribution in [3.63, 3.8) is 0 Å². The summed E-state index contributed by atoms with van der Waals surface area (Å²) in [5.74, 6) is 0.488. The first kappa shape index (κ1) is 11.8. The monoisotopic (exact) mass is 233 g/mol. The van der Waals surface area contributed by atoms with E-state index in [0.717, 1.165) is 31.2 Å². The Morgan fingerprint density at radius 2 is 1.82 bits per heavy atom. The van der Waals surface area contributed by atoms with E-state index in [-0.39, 0.29) is 17.4 Å². The van der Waals surface area contributed by atoms with Crippen LogP contribution in [0.25, 0.3) is 0 Å². The summed E-state index contributed by atoms with van der Waals surface area (Å²) in [5.41, 5.74) is 0.939. The molecule has 1 aliphatic rings. The molecular formula is C13H15NO3. The smallest absolute Gasteiger partial charge is 0.269 e. The summed E-state index contributed by atoms with van der Waals surface area (Å²) in [6.45, 7) is 0. The maximum absolute atomic E-state index is 11.9. The van der Waals surface area contributed by atoms with E-state index in [1.165, 1.54) is 12.1 Å². The standard InChI is InChI=1S/C13H15NO3/c15-13(11-3-1-2-4-11)9-10-5-7-12(8-6-10)14(16)17/h5-8,11H,1-4,9H2. The summed E-state index contributed by atoms with van der Waals surface area (Å²) < 4.78 is 0. The highest BCUT2D eigenvalue weighted by molar-refractivity contribution is 5.83. The van der Waals surface area contributed by atoms with Crippen molar-refractivity contribution in [1.82, 2.24) is 0 Å². The number of nitro benzene ring substituents is 1. The number of benzene rings is 1. The van der Waals surface area contributed by atoms with E-state index < -0.39 is 4.92 Å². The van der Waals surface area contributed by atoms with Crippen LogP contribution in [0.5, 0.6) is 0 Å². The number of carbonyl (C=O) groups excluding carboxylic acids is 1. The molecule has 4 nitrogen and oxygen atoms in total. The van der Waals surface area contributed by atoms with Gasteiger partial charge in [0.2, 0.25) is 0 Å². The molecule has 0 unspecified atom stereocenters. The molecule has 0 aromatic heterocycles. The average molecular weight is 233 g/mol. The van der Waals surface area contributed by atoms with Crippen LogP contribution in [0.1, 0.15) is 31.2 Å². The molecule has 1 aromatic carbocycles. The second-order valence-electron chi connectivity index (χ2n) is 4.55. The lowest BCUT2D eigenvalue weighted by atomic mass is 9.96. The molecule has 17 heavy (non-hydrogen) atoms. The Bertz CT molecular complexity index is 419. The molecule has 1 aliphatic carbocycles. The Morgan fingerprint density at radius 3 is 2.35 bits per heavy atom. The van der Waals surface area contributed by atoms with Gasteiger partial charge in [-0.3, -0.25) is 14.9 Å². The third-order valence-corrected chi connectivity index (χ3v) is 3.34. The second-order valence-corrected chi connectivity index (χ2v) is 4.55. The van der Waals surface area contributed by atoms with Crippen LogP contribution in [0.3, 0.4) is 0 Å². The van der Waals surface area contributed by atoms with Gasteiger partial charge < -0.3 is 0 Å². The van der Waals surface area contributed by atoms with E-state index in [4.69, 9.17) is 0 Å². The van der Waals surface area contributed by atoms with Gasteiger partial charge in [-0.15, -0.1) is 0 Å². The number of rotatable bonds is 4. The van der Waals surface area contributed by atoms with E-state index >= 15 is 0 Å². The second kappa shape index (κ2) is 5.08. The zero-order chi connectivity index (χ0) is 12.3. The van der Waals surface area contributed by atoms with Crippen molar-refractivity contribution < 1.29 is 9.72 Å². The first-order valence-electron chi connectivity index (χ1n) is 5.93. The first-order chi connectivity index (χ1) is 8.16. The van der Waals surface area contributed by atoms with Crippen molar-refractivity contribution in [1.29, 1.82) is 0 Å². The van der Waals surface area contributed by atoms with Crippen LogP contribution in [0, 0.1) is 16.0 Å². The molecule has 2 rings (SSSR count). The highest BCUT2D eigenvalue weighted by Gasteiger charge is 2.22. The van der Waals surface area contributed by atoms with Gasteiger partial charge in [-0.2, -0.15) is 0 Å². The van der Waals surface area contributed by atoms with Crippen molar-refractivity contribution >= 4 is 11.5 Å². The molecule has 90 valence electrons. The fourth-order valence-corrected chi connectivity index (χ4v) is 2.33. The van der Waals surface area contributed by atoms with Crippen LogP contribution in [-0.4, -0.2) is 10.7 Å². The minimum absolute atomic E-state index is 0.0714. The van der Waals surface area contributed by atoms with Gasteiger partial charge in [0, 0.05) is 24.5 Å². The molecule has 4 heteroatoms. The van der Waals surface area contributed by atoms with Crippen molar-refractivity contribution in [2.45, 2.75) is 32.1 Å².